The third-order valence-electron chi connectivity index (χ3n) is 4.78. The smallest absolute Gasteiger partial charge is 0.411 e. The number of alkyl halides is 3. The van der Waals surface area contributed by atoms with Crippen LogP contribution in [0.2, 0.25) is 0 Å². The molecule has 0 aliphatic heterocycles. The summed E-state index contributed by atoms with van der Waals surface area (Å²) < 4.78 is 45.9. The lowest BCUT2D eigenvalue weighted by atomic mass is 10.0. The predicted octanol–water partition coefficient (Wildman–Crippen LogP) is 1.55. The van der Waals surface area contributed by atoms with Crippen molar-refractivity contribution in [3.8, 4) is 0 Å². The maximum Gasteiger partial charge on any atom is 0.411 e. The number of ether oxygens (including phenoxy) is 2. The first-order valence-corrected chi connectivity index (χ1v) is 11.2. The molecule has 11 nitrogen and oxygen atoms in total. The molecule has 0 aromatic heterocycles. The summed E-state index contributed by atoms with van der Waals surface area (Å²) >= 11 is 0. The number of carboxylic acid groups (broad SMARTS) is 1. The van der Waals surface area contributed by atoms with Crippen molar-refractivity contribution in [1.82, 2.24) is 16.0 Å². The second kappa shape index (κ2) is 14.8. The fraction of sp³-hybridized carbons (Fsp3) is 0.522. The standard InChI is InChI=1S/C23H30F3N3O8/c1-13(2)19(29-22(35)37-10-15-7-5-4-6-8-15)21(34)27-14(3)20(33)28-16(9-18(31)32)17(30)11-36-12-23(24,25)26/h4-8,13-14,16,19H,9-12H2,1-3H3,(H,27,34)(H,28,33)(H,29,35)(H,31,32)/t14-,16-,19-/m0/s1. The summed E-state index contributed by atoms with van der Waals surface area (Å²) in [6, 6.07) is 4.71. The van der Waals surface area contributed by atoms with E-state index in [2.05, 4.69) is 20.7 Å². The topological polar surface area (TPSA) is 160 Å². The van der Waals surface area contributed by atoms with Crippen LogP contribution in [0.3, 0.4) is 0 Å². The Labute approximate surface area is 211 Å². The molecule has 0 aliphatic rings. The van der Waals surface area contributed by atoms with Gasteiger partial charge >= 0.3 is 18.2 Å². The predicted molar refractivity (Wildman–Crippen MR) is 122 cm³/mol. The number of hydrogen-bond acceptors (Lipinski definition) is 7. The summed E-state index contributed by atoms with van der Waals surface area (Å²) in [7, 11) is 0. The SMILES string of the molecule is CC(C)[C@H](NC(=O)OCc1ccccc1)C(=O)N[C@@H](C)C(=O)N[C@@H](CC(=O)O)C(=O)COCC(F)(F)F. The van der Waals surface area contributed by atoms with Crippen molar-refractivity contribution in [3.05, 3.63) is 35.9 Å². The fourth-order valence-corrected chi connectivity index (χ4v) is 2.88. The Balaban J connectivity index is 2.70. The second-order valence-corrected chi connectivity index (χ2v) is 8.39. The van der Waals surface area contributed by atoms with Crippen LogP contribution in [-0.4, -0.2) is 72.3 Å². The molecular weight excluding hydrogens is 503 g/mol. The normalized spacial score (nSPS) is 13.7. The number of halogens is 3. The van der Waals surface area contributed by atoms with Crippen LogP contribution in [0, 0.1) is 5.92 Å². The van der Waals surface area contributed by atoms with Gasteiger partial charge in [-0.25, -0.2) is 4.79 Å². The minimum Gasteiger partial charge on any atom is -0.481 e. The van der Waals surface area contributed by atoms with Gasteiger partial charge in [-0.3, -0.25) is 19.2 Å². The van der Waals surface area contributed by atoms with Crippen molar-refractivity contribution in [1.29, 1.82) is 0 Å². The molecule has 1 aromatic rings. The van der Waals surface area contributed by atoms with Crippen molar-refractivity contribution >= 4 is 29.7 Å². The summed E-state index contributed by atoms with van der Waals surface area (Å²) in [5.41, 5.74) is 0.725. The zero-order valence-electron chi connectivity index (χ0n) is 20.5. The highest BCUT2D eigenvalue weighted by Crippen LogP contribution is 2.14. The van der Waals surface area contributed by atoms with Crippen molar-refractivity contribution in [3.63, 3.8) is 0 Å². The number of ketones is 1. The third-order valence-corrected chi connectivity index (χ3v) is 4.78. The van der Waals surface area contributed by atoms with E-state index in [9.17, 15) is 37.1 Å². The maximum atomic E-state index is 12.7. The van der Waals surface area contributed by atoms with E-state index in [-0.39, 0.29) is 6.61 Å². The molecule has 0 saturated heterocycles. The molecule has 1 aromatic carbocycles. The monoisotopic (exact) mass is 533 g/mol. The number of alkyl carbamates (subject to hydrolysis) is 1. The summed E-state index contributed by atoms with van der Waals surface area (Å²) in [6.07, 6.45) is -6.48. The summed E-state index contributed by atoms with van der Waals surface area (Å²) in [4.78, 5) is 60.5. The molecule has 0 aliphatic carbocycles. The average molecular weight is 534 g/mol. The van der Waals surface area contributed by atoms with E-state index in [0.29, 0.717) is 0 Å². The highest BCUT2D eigenvalue weighted by Gasteiger charge is 2.32. The number of carbonyl (C=O) groups excluding carboxylic acids is 4. The number of rotatable bonds is 14. The molecule has 14 heteroatoms. The average Bonchev–Trinajstić information content (AvgIpc) is 2.79. The first kappa shape index (κ1) is 31.4. The quantitative estimate of drug-likeness (QED) is 0.280. The Morgan fingerprint density at radius 2 is 1.57 bits per heavy atom. The number of carboxylic acids is 1. The van der Waals surface area contributed by atoms with Gasteiger partial charge in [0.15, 0.2) is 5.78 Å². The van der Waals surface area contributed by atoms with Gasteiger partial charge in [0.05, 0.1) is 6.42 Å². The van der Waals surface area contributed by atoms with Crippen LogP contribution >= 0.6 is 0 Å². The van der Waals surface area contributed by atoms with Crippen LogP contribution in [-0.2, 0) is 35.3 Å². The molecule has 4 N–H and O–H groups in total. The molecule has 0 spiro atoms. The van der Waals surface area contributed by atoms with E-state index in [1.165, 1.54) is 6.92 Å². The van der Waals surface area contributed by atoms with E-state index in [4.69, 9.17) is 9.84 Å². The van der Waals surface area contributed by atoms with Crippen LogP contribution < -0.4 is 16.0 Å². The zero-order valence-corrected chi connectivity index (χ0v) is 20.5. The molecule has 3 atom stereocenters. The Morgan fingerprint density at radius 1 is 0.946 bits per heavy atom. The second-order valence-electron chi connectivity index (χ2n) is 8.39. The summed E-state index contributed by atoms with van der Waals surface area (Å²) in [5.74, 6) is -4.75. The lowest BCUT2D eigenvalue weighted by Gasteiger charge is -2.24. The van der Waals surface area contributed by atoms with Crippen molar-refractivity contribution in [2.24, 2.45) is 5.92 Å². The van der Waals surface area contributed by atoms with Crippen molar-refractivity contribution in [2.45, 2.75) is 58.1 Å². The number of aliphatic carboxylic acids is 1. The molecule has 1 rings (SSSR count). The van der Waals surface area contributed by atoms with E-state index >= 15 is 0 Å². The number of hydrogen-bond donors (Lipinski definition) is 4. The van der Waals surface area contributed by atoms with E-state index in [1.54, 1.807) is 44.2 Å². The van der Waals surface area contributed by atoms with Gasteiger partial charge in [-0.2, -0.15) is 13.2 Å². The van der Waals surface area contributed by atoms with Gasteiger partial charge in [-0.05, 0) is 18.4 Å². The molecule has 206 valence electrons. The molecule has 0 bridgehead atoms. The number of nitrogens with one attached hydrogen (secondary N) is 3. The van der Waals surface area contributed by atoms with Gasteiger partial charge in [0.25, 0.3) is 0 Å². The highest BCUT2D eigenvalue weighted by atomic mass is 19.4. The third kappa shape index (κ3) is 12.7. The van der Waals surface area contributed by atoms with Gasteiger partial charge < -0.3 is 30.5 Å². The zero-order chi connectivity index (χ0) is 28.2. The van der Waals surface area contributed by atoms with Gasteiger partial charge in [0, 0.05) is 0 Å². The Morgan fingerprint density at radius 3 is 2.11 bits per heavy atom. The molecule has 3 amide bonds. The summed E-state index contributed by atoms with van der Waals surface area (Å²) in [5, 5.41) is 15.8. The number of benzene rings is 1. The first-order valence-electron chi connectivity index (χ1n) is 11.2. The van der Waals surface area contributed by atoms with E-state index in [0.717, 1.165) is 5.56 Å². The lowest BCUT2D eigenvalue weighted by Crippen LogP contribution is -2.56. The van der Waals surface area contributed by atoms with E-state index in [1.807, 2.05) is 0 Å². The molecule has 37 heavy (non-hydrogen) atoms. The van der Waals surface area contributed by atoms with Crippen molar-refractivity contribution in [2.75, 3.05) is 13.2 Å². The Kier molecular flexibility index (Phi) is 12.5. The number of carbonyl (C=O) groups is 5. The maximum absolute atomic E-state index is 12.7. The minimum atomic E-state index is -4.69. The van der Waals surface area contributed by atoms with Gasteiger partial charge in [-0.15, -0.1) is 0 Å². The minimum absolute atomic E-state index is 0.0381. The van der Waals surface area contributed by atoms with Gasteiger partial charge in [0.2, 0.25) is 11.8 Å². The van der Waals surface area contributed by atoms with Crippen LogP contribution in [0.15, 0.2) is 30.3 Å². The number of amides is 3. The van der Waals surface area contributed by atoms with Gasteiger partial charge in [0.1, 0.15) is 37.9 Å². The van der Waals surface area contributed by atoms with Crippen LogP contribution in [0.5, 0.6) is 0 Å². The Hall–Kier alpha value is -3.68. The molecule has 0 radical (unpaired) electrons. The molecule has 0 heterocycles. The largest absolute Gasteiger partial charge is 0.481 e. The molecule has 0 saturated carbocycles. The molecular formula is C23H30F3N3O8. The molecule has 0 fully saturated rings. The lowest BCUT2D eigenvalue weighted by molar-refractivity contribution is -0.176. The summed E-state index contributed by atoms with van der Waals surface area (Å²) in [6.45, 7) is 1.66. The first-order chi connectivity index (χ1) is 17.2. The van der Waals surface area contributed by atoms with Crippen LogP contribution in [0.25, 0.3) is 0 Å². The van der Waals surface area contributed by atoms with Gasteiger partial charge in [-0.1, -0.05) is 44.2 Å². The van der Waals surface area contributed by atoms with Crippen molar-refractivity contribution < 1.29 is 51.7 Å². The van der Waals surface area contributed by atoms with Crippen LogP contribution in [0.4, 0.5) is 18.0 Å². The fourth-order valence-electron chi connectivity index (χ4n) is 2.88. The molecule has 0 unspecified atom stereocenters. The van der Waals surface area contributed by atoms with Crippen LogP contribution in [0.1, 0.15) is 32.8 Å². The highest BCUT2D eigenvalue weighted by molar-refractivity contribution is 5.95. The number of Topliss-reactive ketones (excluding diaryl/α,β-unsaturated/α-hetero) is 1. The Bertz CT molecular complexity index is 941. The van der Waals surface area contributed by atoms with E-state index < -0.39 is 79.5 Å².